The molecule has 0 spiro atoms. The van der Waals surface area contributed by atoms with Crippen molar-refractivity contribution in [2.24, 2.45) is 17.8 Å². The molecule has 2 atom stereocenters. The van der Waals surface area contributed by atoms with Gasteiger partial charge in [0.25, 0.3) is 0 Å². The number of rotatable bonds is 2. The second-order valence-electron chi connectivity index (χ2n) is 6.91. The first-order valence-corrected chi connectivity index (χ1v) is 9.09. The summed E-state index contributed by atoms with van der Waals surface area (Å²) in [6.07, 6.45) is -2.80. The van der Waals surface area contributed by atoms with Gasteiger partial charge in [0.05, 0.1) is 10.2 Å². The summed E-state index contributed by atoms with van der Waals surface area (Å²) in [5.41, 5.74) is 0.467. The average Bonchev–Trinajstić information content (AvgIpc) is 3.19. The molecule has 2 unspecified atom stereocenters. The second-order valence-corrected chi connectivity index (χ2v) is 7.94. The number of Topliss-reactive ketones (excluding diaryl/α,β-unsaturated/α-hetero) is 3. The van der Waals surface area contributed by atoms with E-state index in [1.54, 1.807) is 0 Å². The van der Waals surface area contributed by atoms with Gasteiger partial charge in [0, 0.05) is 17.4 Å². The first-order valence-electron chi connectivity index (χ1n) is 8.27. The van der Waals surface area contributed by atoms with Gasteiger partial charge in [0.2, 0.25) is 0 Å². The number of alkyl halides is 3. The number of fused-ring (bicyclic) bond motifs is 3. The van der Waals surface area contributed by atoms with Crippen LogP contribution in [0.1, 0.15) is 40.2 Å². The van der Waals surface area contributed by atoms with Gasteiger partial charge >= 0.3 is 6.18 Å². The lowest BCUT2D eigenvalue weighted by atomic mass is 9.75. The molecule has 8 heteroatoms. The largest absolute Gasteiger partial charge is 0.443 e. The first kappa shape index (κ1) is 17.3. The predicted molar refractivity (Wildman–Crippen MR) is 88.0 cm³/mol. The van der Waals surface area contributed by atoms with Crippen LogP contribution in [0.25, 0.3) is 10.2 Å². The fourth-order valence-electron chi connectivity index (χ4n) is 4.04. The van der Waals surface area contributed by atoms with Crippen LogP contribution >= 0.6 is 11.3 Å². The molecule has 0 N–H and O–H groups in total. The molecule has 0 amide bonds. The molecule has 0 aliphatic heterocycles. The summed E-state index contributed by atoms with van der Waals surface area (Å²) >= 11 is 0.505. The first-order chi connectivity index (χ1) is 12.2. The summed E-state index contributed by atoms with van der Waals surface area (Å²) < 4.78 is 39.0. The Morgan fingerprint density at radius 1 is 1.15 bits per heavy atom. The fraction of sp³-hybridized carbons (Fsp3) is 0.444. The van der Waals surface area contributed by atoms with Gasteiger partial charge in [0.15, 0.2) is 22.4 Å². The van der Waals surface area contributed by atoms with E-state index in [4.69, 9.17) is 0 Å². The van der Waals surface area contributed by atoms with Crippen LogP contribution < -0.4 is 0 Å². The maximum absolute atomic E-state index is 12.9. The third kappa shape index (κ3) is 2.50. The Morgan fingerprint density at radius 3 is 2.35 bits per heavy atom. The number of nitrogens with zero attached hydrogens (tertiary/aromatic N) is 1. The van der Waals surface area contributed by atoms with Crippen LogP contribution in [0, 0.1) is 24.7 Å². The molecule has 26 heavy (non-hydrogen) atoms. The molecule has 2 aliphatic rings. The van der Waals surface area contributed by atoms with Crippen LogP contribution in [0.4, 0.5) is 13.2 Å². The zero-order valence-corrected chi connectivity index (χ0v) is 14.5. The van der Waals surface area contributed by atoms with E-state index in [1.807, 2.05) is 0 Å². The monoisotopic (exact) mass is 381 g/mol. The quantitative estimate of drug-likeness (QED) is 0.583. The number of aryl methyl sites for hydroxylation is 1. The number of benzene rings is 1. The van der Waals surface area contributed by atoms with Crippen LogP contribution in [-0.4, -0.2) is 22.3 Å². The van der Waals surface area contributed by atoms with E-state index in [2.05, 4.69) is 4.98 Å². The Morgan fingerprint density at radius 2 is 1.77 bits per heavy atom. The van der Waals surface area contributed by atoms with Crippen LogP contribution in [0.5, 0.6) is 0 Å². The third-order valence-electron chi connectivity index (χ3n) is 5.39. The minimum atomic E-state index is -4.56. The number of ketones is 3. The molecule has 4 nitrogen and oxygen atoms in total. The number of aromatic nitrogens is 1. The number of carbonyl (C=O) groups excluding carboxylic acids is 3. The van der Waals surface area contributed by atoms with Crippen molar-refractivity contribution in [3.8, 4) is 0 Å². The van der Waals surface area contributed by atoms with E-state index >= 15 is 0 Å². The Labute approximate surface area is 150 Å². The zero-order chi connectivity index (χ0) is 18.8. The predicted octanol–water partition coefficient (Wildman–Crippen LogP) is 3.99. The van der Waals surface area contributed by atoms with Gasteiger partial charge in [-0.25, -0.2) is 4.98 Å². The lowest BCUT2D eigenvalue weighted by molar-refractivity contribution is -0.138. The highest BCUT2D eigenvalue weighted by atomic mass is 32.1. The van der Waals surface area contributed by atoms with Crippen molar-refractivity contribution in [2.75, 3.05) is 0 Å². The van der Waals surface area contributed by atoms with E-state index in [0.717, 1.165) is 0 Å². The summed E-state index contributed by atoms with van der Waals surface area (Å²) in [6.45, 7) is 1.50. The number of hydrogen-bond donors (Lipinski definition) is 0. The highest BCUT2D eigenvalue weighted by Gasteiger charge is 2.50. The molecule has 2 bridgehead atoms. The highest BCUT2D eigenvalue weighted by Crippen LogP contribution is 2.42. The average molecular weight is 381 g/mol. The van der Waals surface area contributed by atoms with E-state index < -0.39 is 22.9 Å². The maximum atomic E-state index is 12.9. The van der Waals surface area contributed by atoms with Crippen LogP contribution in [-0.2, 0) is 15.8 Å². The Kier molecular flexibility index (Phi) is 3.80. The van der Waals surface area contributed by atoms with E-state index in [0.29, 0.717) is 35.3 Å². The van der Waals surface area contributed by atoms with Gasteiger partial charge in [-0.2, -0.15) is 13.2 Å². The molecular weight excluding hydrogens is 367 g/mol. The molecule has 0 saturated heterocycles. The summed E-state index contributed by atoms with van der Waals surface area (Å²) in [6, 6.07) is 2.80. The molecule has 2 aromatic rings. The van der Waals surface area contributed by atoms with Crippen molar-refractivity contribution in [3.05, 3.63) is 28.3 Å². The van der Waals surface area contributed by atoms with Crippen LogP contribution in [0.2, 0.25) is 0 Å². The topological polar surface area (TPSA) is 64.1 Å². The van der Waals surface area contributed by atoms with Gasteiger partial charge in [0.1, 0.15) is 5.92 Å². The standard InChI is InChI=1S/C18H14F3NO3S/c1-7-10(4-5-11-13(7)22-17(26-11)18(19,20)21)16(25)12-14(23)8-2-3-9(6-8)15(12)24/h4-5,8-9,12H,2-3,6H2,1H3. The Hall–Kier alpha value is -2.09. The normalized spacial score (nSPS) is 25.9. The molecule has 1 aromatic heterocycles. The minimum absolute atomic E-state index is 0.0897. The Balaban J connectivity index is 1.76. The van der Waals surface area contributed by atoms with E-state index in [1.165, 1.54) is 19.1 Å². The fourth-order valence-corrected chi connectivity index (χ4v) is 4.93. The lowest BCUT2D eigenvalue weighted by Gasteiger charge is -2.24. The minimum Gasteiger partial charge on any atom is -0.298 e. The summed E-state index contributed by atoms with van der Waals surface area (Å²) in [4.78, 5) is 41.6. The van der Waals surface area contributed by atoms with Gasteiger partial charge in [-0.05, 0) is 43.9 Å². The molecule has 1 aromatic carbocycles. The molecule has 1 heterocycles. The van der Waals surface area contributed by atoms with E-state index in [9.17, 15) is 27.6 Å². The smallest absolute Gasteiger partial charge is 0.298 e. The third-order valence-corrected chi connectivity index (χ3v) is 6.46. The Bertz CT molecular complexity index is 940. The molecular formula is C18H14F3NO3S. The SMILES string of the molecule is Cc1c(C(=O)C2C(=O)C3CCC(C3)C2=O)ccc2sc(C(F)(F)F)nc12. The van der Waals surface area contributed by atoms with Crippen LogP contribution in [0.15, 0.2) is 12.1 Å². The summed E-state index contributed by atoms with van der Waals surface area (Å²) in [7, 11) is 0. The molecule has 2 aliphatic carbocycles. The highest BCUT2D eigenvalue weighted by molar-refractivity contribution is 7.18. The molecule has 0 radical (unpaired) electrons. The van der Waals surface area contributed by atoms with Gasteiger partial charge in [-0.15, -0.1) is 11.3 Å². The van der Waals surface area contributed by atoms with Crippen molar-refractivity contribution in [3.63, 3.8) is 0 Å². The van der Waals surface area contributed by atoms with Crippen molar-refractivity contribution in [2.45, 2.75) is 32.4 Å². The van der Waals surface area contributed by atoms with Crippen LogP contribution in [0.3, 0.4) is 0 Å². The lowest BCUT2D eigenvalue weighted by Crippen LogP contribution is -2.41. The zero-order valence-electron chi connectivity index (χ0n) is 13.7. The summed E-state index contributed by atoms with van der Waals surface area (Å²) in [5, 5.41) is -0.983. The summed E-state index contributed by atoms with van der Waals surface area (Å²) in [5.74, 6) is -3.14. The van der Waals surface area contributed by atoms with E-state index in [-0.39, 0.29) is 40.0 Å². The maximum Gasteiger partial charge on any atom is 0.443 e. The van der Waals surface area contributed by atoms with Crippen molar-refractivity contribution in [1.82, 2.24) is 4.98 Å². The molecule has 4 rings (SSSR count). The molecule has 2 fully saturated rings. The van der Waals surface area contributed by atoms with Crippen molar-refractivity contribution >= 4 is 38.9 Å². The van der Waals surface area contributed by atoms with Crippen molar-refractivity contribution in [1.29, 1.82) is 0 Å². The van der Waals surface area contributed by atoms with Crippen molar-refractivity contribution < 1.29 is 27.6 Å². The number of carbonyl (C=O) groups is 3. The number of thiazole rings is 1. The second kappa shape index (κ2) is 5.70. The molecule has 2 saturated carbocycles. The van der Waals surface area contributed by atoms with Gasteiger partial charge < -0.3 is 0 Å². The molecule has 136 valence electrons. The van der Waals surface area contributed by atoms with Gasteiger partial charge in [-0.3, -0.25) is 14.4 Å². The number of hydrogen-bond acceptors (Lipinski definition) is 5. The number of halogens is 3. The van der Waals surface area contributed by atoms with Gasteiger partial charge in [-0.1, -0.05) is 0 Å².